The van der Waals surface area contributed by atoms with Crippen LogP contribution in [0.25, 0.3) is 16.7 Å². The average molecular weight is 449 g/mol. The lowest BCUT2D eigenvalue weighted by Gasteiger charge is -2.25. The molecule has 1 atom stereocenters. The Labute approximate surface area is 192 Å². The smallest absolute Gasteiger partial charge is 0.295 e. The van der Waals surface area contributed by atoms with E-state index in [4.69, 9.17) is 9.47 Å². The van der Waals surface area contributed by atoms with Crippen LogP contribution in [0.15, 0.2) is 54.1 Å². The summed E-state index contributed by atoms with van der Waals surface area (Å²) in [5, 5.41) is 12.2. The third-order valence-corrected chi connectivity index (χ3v) is 5.77. The molecule has 2 N–H and O–H groups in total. The number of ketones is 1. The average Bonchev–Trinajstić information content (AvgIpc) is 3.24. The third kappa shape index (κ3) is 4.12. The zero-order valence-corrected chi connectivity index (χ0v) is 19.2. The number of aromatic nitrogens is 1. The predicted octanol–water partition coefficient (Wildman–Crippen LogP) is 4.33. The maximum Gasteiger partial charge on any atom is 0.295 e. The van der Waals surface area contributed by atoms with Gasteiger partial charge in [-0.05, 0) is 39.0 Å². The lowest BCUT2D eigenvalue weighted by molar-refractivity contribution is -0.140. The van der Waals surface area contributed by atoms with Gasteiger partial charge in [-0.15, -0.1) is 0 Å². The number of hydrogen-bond acceptors (Lipinski definition) is 5. The molecule has 1 aromatic heterocycles. The number of aromatic amines is 1. The van der Waals surface area contributed by atoms with E-state index in [-0.39, 0.29) is 30.6 Å². The van der Waals surface area contributed by atoms with E-state index in [0.717, 1.165) is 22.2 Å². The molecule has 1 fully saturated rings. The van der Waals surface area contributed by atoms with E-state index >= 15 is 0 Å². The highest BCUT2D eigenvalue weighted by Crippen LogP contribution is 2.43. The Morgan fingerprint density at radius 3 is 2.64 bits per heavy atom. The van der Waals surface area contributed by atoms with Gasteiger partial charge in [0.1, 0.15) is 11.5 Å². The SMILES string of the molecule is COCCN1C(=O)C(=O)/C(=C(/O)c2cccc(OC(C)C)c2)C1c1c(C)[nH]c2ccccc12. The number of hydrogen-bond donors (Lipinski definition) is 2. The van der Waals surface area contributed by atoms with E-state index in [1.54, 1.807) is 31.4 Å². The quantitative estimate of drug-likeness (QED) is 0.319. The number of H-pyrrole nitrogens is 1. The number of nitrogens with one attached hydrogen (secondary N) is 1. The second kappa shape index (κ2) is 9.11. The lowest BCUT2D eigenvalue weighted by atomic mass is 9.93. The van der Waals surface area contributed by atoms with Gasteiger partial charge in [0.25, 0.3) is 11.7 Å². The van der Waals surface area contributed by atoms with Gasteiger partial charge in [-0.25, -0.2) is 0 Å². The molecule has 7 nitrogen and oxygen atoms in total. The summed E-state index contributed by atoms with van der Waals surface area (Å²) in [6, 6.07) is 13.9. The number of aliphatic hydroxyl groups is 1. The van der Waals surface area contributed by atoms with Crippen molar-refractivity contribution >= 4 is 28.4 Å². The number of fused-ring (bicyclic) bond motifs is 1. The number of aryl methyl sites for hydroxylation is 1. The zero-order valence-electron chi connectivity index (χ0n) is 19.2. The molecule has 3 aromatic rings. The van der Waals surface area contributed by atoms with Gasteiger partial charge in [0.15, 0.2) is 0 Å². The first-order valence-electron chi connectivity index (χ1n) is 10.9. The summed E-state index contributed by atoms with van der Waals surface area (Å²) >= 11 is 0. The summed E-state index contributed by atoms with van der Waals surface area (Å²) in [6.07, 6.45) is -0.0455. The standard InChI is InChI=1S/C26H28N2O5/c1-15(2)33-18-9-7-8-17(14-18)24(29)22-23(28(12-13-32-4)26(31)25(22)30)21-16(3)27-20-11-6-5-10-19(20)21/h5-11,14-15,23,27,29H,12-13H2,1-4H3/b24-22+. The molecular weight excluding hydrogens is 420 g/mol. The number of benzene rings is 2. The van der Waals surface area contributed by atoms with Crippen LogP contribution >= 0.6 is 0 Å². The number of amides is 1. The fourth-order valence-electron chi connectivity index (χ4n) is 4.40. The minimum Gasteiger partial charge on any atom is -0.507 e. The number of carbonyl (C=O) groups excluding carboxylic acids is 2. The van der Waals surface area contributed by atoms with Crippen LogP contribution in [-0.2, 0) is 14.3 Å². The van der Waals surface area contributed by atoms with Crippen LogP contribution in [0.5, 0.6) is 5.75 Å². The van der Waals surface area contributed by atoms with Gasteiger partial charge < -0.3 is 24.5 Å². The van der Waals surface area contributed by atoms with Crippen molar-refractivity contribution in [3.05, 3.63) is 70.9 Å². The van der Waals surface area contributed by atoms with Crippen LogP contribution in [0, 0.1) is 6.92 Å². The van der Waals surface area contributed by atoms with Crippen molar-refractivity contribution in [3.63, 3.8) is 0 Å². The minimum absolute atomic E-state index is 0.0455. The second-order valence-corrected chi connectivity index (χ2v) is 8.39. The molecule has 2 heterocycles. The Hall–Kier alpha value is -3.58. The van der Waals surface area contributed by atoms with Crippen LogP contribution < -0.4 is 4.74 Å². The topological polar surface area (TPSA) is 91.9 Å². The zero-order chi connectivity index (χ0) is 23.7. The highest BCUT2D eigenvalue weighted by atomic mass is 16.5. The molecule has 0 aliphatic carbocycles. The molecule has 4 rings (SSSR count). The highest BCUT2D eigenvalue weighted by molar-refractivity contribution is 6.46. The molecule has 7 heteroatoms. The third-order valence-electron chi connectivity index (χ3n) is 5.77. The maximum absolute atomic E-state index is 13.2. The van der Waals surface area contributed by atoms with Gasteiger partial charge in [0.05, 0.1) is 24.3 Å². The van der Waals surface area contributed by atoms with Crippen LogP contribution in [0.2, 0.25) is 0 Å². The van der Waals surface area contributed by atoms with Gasteiger partial charge in [-0.2, -0.15) is 0 Å². The Bertz CT molecular complexity index is 1240. The number of carbonyl (C=O) groups is 2. The molecule has 172 valence electrons. The first kappa shape index (κ1) is 22.6. The van der Waals surface area contributed by atoms with E-state index < -0.39 is 17.7 Å². The van der Waals surface area contributed by atoms with Gasteiger partial charge in [0.2, 0.25) is 0 Å². The molecule has 1 amide bonds. The Morgan fingerprint density at radius 1 is 1.15 bits per heavy atom. The van der Waals surface area contributed by atoms with E-state index in [0.29, 0.717) is 11.3 Å². The van der Waals surface area contributed by atoms with Crippen molar-refractivity contribution in [3.8, 4) is 5.75 Å². The number of likely N-dealkylation sites (tertiary alicyclic amines) is 1. The van der Waals surface area contributed by atoms with Crippen molar-refractivity contribution in [1.82, 2.24) is 9.88 Å². The van der Waals surface area contributed by atoms with Gasteiger partial charge in [-0.3, -0.25) is 9.59 Å². The number of Topliss-reactive ketones (excluding diaryl/α,β-unsaturated/α-hetero) is 1. The summed E-state index contributed by atoms with van der Waals surface area (Å²) in [4.78, 5) is 31.1. The summed E-state index contributed by atoms with van der Waals surface area (Å²) in [5.41, 5.74) is 2.99. The monoisotopic (exact) mass is 448 g/mol. The molecule has 0 saturated carbocycles. The van der Waals surface area contributed by atoms with Gasteiger partial charge in [0, 0.05) is 41.4 Å². The van der Waals surface area contributed by atoms with Crippen molar-refractivity contribution in [1.29, 1.82) is 0 Å². The molecule has 33 heavy (non-hydrogen) atoms. The normalized spacial score (nSPS) is 18.0. The number of aliphatic hydroxyl groups excluding tert-OH is 1. The number of para-hydroxylation sites is 1. The fraction of sp³-hybridized carbons (Fsp3) is 0.308. The first-order chi connectivity index (χ1) is 15.8. The lowest BCUT2D eigenvalue weighted by Crippen LogP contribution is -2.32. The molecular formula is C26H28N2O5. The minimum atomic E-state index is -0.744. The molecule has 2 aromatic carbocycles. The Kier molecular flexibility index (Phi) is 6.24. The van der Waals surface area contributed by atoms with Crippen LogP contribution in [0.1, 0.15) is 36.7 Å². The summed E-state index contributed by atoms with van der Waals surface area (Å²) in [6.45, 7) is 6.21. The predicted molar refractivity (Wildman–Crippen MR) is 126 cm³/mol. The second-order valence-electron chi connectivity index (χ2n) is 8.39. The summed E-state index contributed by atoms with van der Waals surface area (Å²) in [7, 11) is 1.54. The summed E-state index contributed by atoms with van der Waals surface area (Å²) in [5.74, 6) is -1.02. The maximum atomic E-state index is 13.2. The fourth-order valence-corrected chi connectivity index (χ4v) is 4.40. The molecule has 0 bridgehead atoms. The molecule has 0 spiro atoms. The molecule has 1 aliphatic heterocycles. The van der Waals surface area contributed by atoms with Crippen molar-refractivity contribution < 1.29 is 24.2 Å². The number of ether oxygens (including phenoxy) is 2. The van der Waals surface area contributed by atoms with Crippen molar-refractivity contribution in [2.24, 2.45) is 0 Å². The number of methoxy groups -OCH3 is 1. The van der Waals surface area contributed by atoms with E-state index in [1.807, 2.05) is 45.0 Å². The number of rotatable bonds is 7. The number of nitrogens with zero attached hydrogens (tertiary/aromatic N) is 1. The van der Waals surface area contributed by atoms with Gasteiger partial charge in [-0.1, -0.05) is 30.3 Å². The van der Waals surface area contributed by atoms with Gasteiger partial charge >= 0.3 is 0 Å². The van der Waals surface area contributed by atoms with E-state index in [9.17, 15) is 14.7 Å². The van der Waals surface area contributed by atoms with Crippen LogP contribution in [0.3, 0.4) is 0 Å². The van der Waals surface area contributed by atoms with E-state index in [2.05, 4.69) is 4.98 Å². The Balaban J connectivity index is 1.92. The highest BCUT2D eigenvalue weighted by Gasteiger charge is 2.47. The Morgan fingerprint density at radius 2 is 1.91 bits per heavy atom. The molecule has 1 saturated heterocycles. The largest absolute Gasteiger partial charge is 0.507 e. The van der Waals surface area contributed by atoms with Crippen LogP contribution in [-0.4, -0.2) is 53.0 Å². The van der Waals surface area contributed by atoms with Crippen molar-refractivity contribution in [2.75, 3.05) is 20.3 Å². The van der Waals surface area contributed by atoms with E-state index in [1.165, 1.54) is 4.90 Å². The first-order valence-corrected chi connectivity index (χ1v) is 10.9. The summed E-state index contributed by atoms with van der Waals surface area (Å²) < 4.78 is 10.9. The molecule has 1 unspecified atom stereocenters. The molecule has 1 aliphatic rings. The van der Waals surface area contributed by atoms with Crippen molar-refractivity contribution in [2.45, 2.75) is 32.9 Å². The van der Waals surface area contributed by atoms with Crippen LogP contribution in [0.4, 0.5) is 0 Å². The molecule has 0 radical (unpaired) electrons.